The lowest BCUT2D eigenvalue weighted by atomic mass is 9.95. The van der Waals surface area contributed by atoms with Crippen molar-refractivity contribution < 1.29 is 9.59 Å². The van der Waals surface area contributed by atoms with Crippen molar-refractivity contribution in [1.29, 1.82) is 0 Å². The van der Waals surface area contributed by atoms with Gasteiger partial charge in [0.05, 0.1) is 0 Å². The van der Waals surface area contributed by atoms with E-state index >= 15 is 0 Å². The lowest BCUT2D eigenvalue weighted by Gasteiger charge is -2.36. The molecule has 2 N–H and O–H groups in total. The molecule has 184 valence electrons. The quantitative estimate of drug-likeness (QED) is 0.502. The van der Waals surface area contributed by atoms with Gasteiger partial charge in [-0.15, -0.1) is 0 Å². The number of likely N-dealkylation sites (tertiary alicyclic amines) is 1. The maximum atomic E-state index is 13.4. The maximum absolute atomic E-state index is 13.4. The van der Waals surface area contributed by atoms with Crippen LogP contribution in [0.1, 0.15) is 49.0 Å². The van der Waals surface area contributed by atoms with Crippen molar-refractivity contribution in [2.45, 2.75) is 44.6 Å². The van der Waals surface area contributed by atoms with E-state index in [4.69, 9.17) is 11.6 Å². The first kappa shape index (κ1) is 23.8. The van der Waals surface area contributed by atoms with E-state index in [0.29, 0.717) is 29.0 Å². The standard InChI is InChI=1S/C27H32ClN5O2/c28-21-8-9-23-20(15-21)16-24(31-23)27(35)33(25-7-3-4-12-29-25)18-26(34)30-17-19-10-13-32(14-11-19)22-5-1-2-6-22/h3-4,7-9,12,15-16,19,22,31H,1-2,5-6,10-11,13-14,17-18H2,(H,30,34). The summed E-state index contributed by atoms with van der Waals surface area (Å²) in [6, 6.07) is 13.3. The monoisotopic (exact) mass is 493 g/mol. The third kappa shape index (κ3) is 5.68. The van der Waals surface area contributed by atoms with Gasteiger partial charge in [-0.1, -0.05) is 30.5 Å². The molecule has 3 aromatic rings. The normalized spacial score (nSPS) is 17.6. The number of aromatic amines is 1. The minimum absolute atomic E-state index is 0.0904. The van der Waals surface area contributed by atoms with E-state index in [9.17, 15) is 9.59 Å². The summed E-state index contributed by atoms with van der Waals surface area (Å²) < 4.78 is 0. The molecule has 5 rings (SSSR count). The summed E-state index contributed by atoms with van der Waals surface area (Å²) in [7, 11) is 0. The van der Waals surface area contributed by atoms with Crippen molar-refractivity contribution in [2.24, 2.45) is 5.92 Å². The van der Waals surface area contributed by atoms with E-state index in [0.717, 1.165) is 42.9 Å². The molecule has 7 nitrogen and oxygen atoms in total. The Kier molecular flexibility index (Phi) is 7.35. The minimum atomic E-state index is -0.309. The zero-order chi connectivity index (χ0) is 24.2. The van der Waals surface area contributed by atoms with Crippen molar-refractivity contribution in [3.63, 3.8) is 0 Å². The third-order valence-electron chi connectivity index (χ3n) is 7.36. The Balaban J connectivity index is 1.21. The van der Waals surface area contributed by atoms with Crippen LogP contribution in [-0.4, -0.2) is 58.9 Å². The number of H-pyrrole nitrogens is 1. The number of benzene rings is 1. The topological polar surface area (TPSA) is 81.3 Å². The highest BCUT2D eigenvalue weighted by Gasteiger charge is 2.28. The van der Waals surface area contributed by atoms with Crippen LogP contribution in [0.25, 0.3) is 10.9 Å². The van der Waals surface area contributed by atoms with Crippen LogP contribution in [0, 0.1) is 5.92 Å². The smallest absolute Gasteiger partial charge is 0.276 e. The summed E-state index contributed by atoms with van der Waals surface area (Å²) in [6.45, 7) is 2.79. The zero-order valence-electron chi connectivity index (χ0n) is 19.9. The van der Waals surface area contributed by atoms with Gasteiger partial charge in [0.2, 0.25) is 5.91 Å². The van der Waals surface area contributed by atoms with Crippen LogP contribution in [0.2, 0.25) is 5.02 Å². The lowest BCUT2D eigenvalue weighted by molar-refractivity contribution is -0.120. The van der Waals surface area contributed by atoms with Gasteiger partial charge >= 0.3 is 0 Å². The van der Waals surface area contributed by atoms with Crippen molar-refractivity contribution in [3.8, 4) is 0 Å². The highest BCUT2D eigenvalue weighted by atomic mass is 35.5. The average Bonchev–Trinajstić information content (AvgIpc) is 3.57. The summed E-state index contributed by atoms with van der Waals surface area (Å²) in [5.74, 6) is 0.431. The molecule has 2 aromatic heterocycles. The fourth-order valence-corrected chi connectivity index (χ4v) is 5.56. The van der Waals surface area contributed by atoms with E-state index in [1.165, 1.54) is 30.6 Å². The Morgan fingerprint density at radius 1 is 1.09 bits per heavy atom. The maximum Gasteiger partial charge on any atom is 0.276 e. The van der Waals surface area contributed by atoms with Crippen LogP contribution in [0.5, 0.6) is 0 Å². The number of nitrogens with zero attached hydrogens (tertiary/aromatic N) is 3. The van der Waals surface area contributed by atoms with E-state index < -0.39 is 0 Å². The molecule has 1 aliphatic heterocycles. The van der Waals surface area contributed by atoms with E-state index in [-0.39, 0.29) is 18.4 Å². The molecule has 0 unspecified atom stereocenters. The van der Waals surface area contributed by atoms with Crippen LogP contribution >= 0.6 is 11.6 Å². The van der Waals surface area contributed by atoms with Crippen LogP contribution in [0.15, 0.2) is 48.7 Å². The van der Waals surface area contributed by atoms with Crippen LogP contribution in [-0.2, 0) is 4.79 Å². The van der Waals surface area contributed by atoms with Gasteiger partial charge in [0, 0.05) is 34.7 Å². The Labute approximate surface area is 210 Å². The van der Waals surface area contributed by atoms with Gasteiger partial charge in [0.25, 0.3) is 5.91 Å². The molecule has 1 aliphatic carbocycles. The van der Waals surface area contributed by atoms with Crippen LogP contribution in [0.4, 0.5) is 5.82 Å². The molecular weight excluding hydrogens is 462 g/mol. The molecular formula is C27H32ClN5O2. The fourth-order valence-electron chi connectivity index (χ4n) is 5.38. The fraction of sp³-hybridized carbons (Fsp3) is 0.444. The lowest BCUT2D eigenvalue weighted by Crippen LogP contribution is -2.45. The number of piperidine rings is 1. The first-order valence-electron chi connectivity index (χ1n) is 12.6. The second kappa shape index (κ2) is 10.8. The molecule has 35 heavy (non-hydrogen) atoms. The number of hydrogen-bond acceptors (Lipinski definition) is 4. The summed E-state index contributed by atoms with van der Waals surface area (Å²) in [4.78, 5) is 37.9. The van der Waals surface area contributed by atoms with E-state index in [1.54, 1.807) is 36.5 Å². The van der Waals surface area contributed by atoms with Crippen molar-refractivity contribution in [3.05, 3.63) is 59.4 Å². The highest BCUT2D eigenvalue weighted by molar-refractivity contribution is 6.31. The Morgan fingerprint density at radius 2 is 1.89 bits per heavy atom. The molecule has 2 aliphatic rings. The first-order chi connectivity index (χ1) is 17.1. The minimum Gasteiger partial charge on any atom is -0.354 e. The van der Waals surface area contributed by atoms with Crippen molar-refractivity contribution in [2.75, 3.05) is 31.1 Å². The average molecular weight is 494 g/mol. The summed E-state index contributed by atoms with van der Waals surface area (Å²) in [5, 5.41) is 4.52. The number of hydrogen-bond donors (Lipinski definition) is 2. The summed E-state index contributed by atoms with van der Waals surface area (Å²) >= 11 is 6.10. The molecule has 1 saturated carbocycles. The van der Waals surface area contributed by atoms with Gasteiger partial charge in [0.15, 0.2) is 0 Å². The number of aromatic nitrogens is 2. The van der Waals surface area contributed by atoms with Crippen molar-refractivity contribution >= 4 is 40.1 Å². The van der Waals surface area contributed by atoms with Gasteiger partial charge in [-0.2, -0.15) is 0 Å². The summed E-state index contributed by atoms with van der Waals surface area (Å²) in [5.41, 5.74) is 1.20. The van der Waals surface area contributed by atoms with Crippen LogP contribution in [0.3, 0.4) is 0 Å². The van der Waals surface area contributed by atoms with Gasteiger partial charge in [-0.05, 0) is 81.1 Å². The Morgan fingerprint density at radius 3 is 2.63 bits per heavy atom. The number of nitrogens with one attached hydrogen (secondary N) is 2. The zero-order valence-corrected chi connectivity index (χ0v) is 20.6. The van der Waals surface area contributed by atoms with Gasteiger partial charge < -0.3 is 15.2 Å². The summed E-state index contributed by atoms with van der Waals surface area (Å²) in [6.07, 6.45) is 9.23. The second-order valence-electron chi connectivity index (χ2n) is 9.72. The van der Waals surface area contributed by atoms with Gasteiger partial charge in [-0.25, -0.2) is 4.98 Å². The first-order valence-corrected chi connectivity index (χ1v) is 13.0. The number of fused-ring (bicyclic) bond motifs is 1. The number of amides is 2. The van der Waals surface area contributed by atoms with Gasteiger partial charge in [-0.3, -0.25) is 14.5 Å². The van der Waals surface area contributed by atoms with E-state index in [2.05, 4.69) is 20.2 Å². The molecule has 8 heteroatoms. The van der Waals surface area contributed by atoms with E-state index in [1.807, 2.05) is 12.1 Å². The second-order valence-corrected chi connectivity index (χ2v) is 10.2. The predicted octanol–water partition coefficient (Wildman–Crippen LogP) is 4.63. The Bertz CT molecular complexity index is 1170. The molecule has 0 spiro atoms. The molecule has 2 fully saturated rings. The molecule has 0 atom stereocenters. The molecule has 3 heterocycles. The molecule has 2 amide bonds. The number of carbonyl (C=O) groups excluding carboxylic acids is 2. The predicted molar refractivity (Wildman–Crippen MR) is 139 cm³/mol. The SMILES string of the molecule is O=C(CN(C(=O)c1cc2cc(Cl)ccc2[nH]1)c1ccccn1)NCC1CCN(C2CCCC2)CC1. The largest absolute Gasteiger partial charge is 0.354 e. The molecule has 1 aromatic carbocycles. The molecule has 1 saturated heterocycles. The number of carbonyl (C=O) groups is 2. The Hall–Kier alpha value is -2.90. The number of pyridine rings is 1. The van der Waals surface area contributed by atoms with Crippen LogP contribution < -0.4 is 10.2 Å². The number of rotatable bonds is 7. The number of halogens is 1. The molecule has 0 radical (unpaired) electrons. The highest BCUT2D eigenvalue weighted by Crippen LogP contribution is 2.28. The van der Waals surface area contributed by atoms with Crippen molar-refractivity contribution in [1.82, 2.24) is 20.2 Å². The number of anilines is 1. The van der Waals surface area contributed by atoms with Gasteiger partial charge in [0.1, 0.15) is 18.1 Å². The molecule has 0 bridgehead atoms. The third-order valence-corrected chi connectivity index (χ3v) is 7.60.